The van der Waals surface area contributed by atoms with Gasteiger partial charge in [0.05, 0.1) is 26.8 Å². The van der Waals surface area contributed by atoms with Gasteiger partial charge < -0.3 is 27.1 Å². The van der Waals surface area contributed by atoms with Crippen LogP contribution in [0.2, 0.25) is 0 Å². The lowest BCUT2D eigenvalue weighted by molar-refractivity contribution is -0.910. The summed E-state index contributed by atoms with van der Waals surface area (Å²) >= 11 is 0. The molecule has 0 atom stereocenters. The van der Waals surface area contributed by atoms with E-state index in [4.69, 9.17) is 10.2 Å². The second-order valence-electron chi connectivity index (χ2n) is 7.44. The van der Waals surface area contributed by atoms with Gasteiger partial charge in [0, 0.05) is 0 Å². The Labute approximate surface area is 163 Å². The average Bonchev–Trinajstić information content (AvgIpc) is 2.55. The lowest BCUT2D eigenvalue weighted by Gasteiger charge is -2.33. The normalized spacial score (nSPS) is 11.8. The number of halogens is 1. The molecule has 0 amide bonds. The highest BCUT2D eigenvalue weighted by atomic mass is 35.5. The van der Waals surface area contributed by atoms with Gasteiger partial charge in [-0.15, -0.1) is 0 Å². The van der Waals surface area contributed by atoms with Crippen molar-refractivity contribution in [2.24, 2.45) is 0 Å². The van der Waals surface area contributed by atoms with E-state index >= 15 is 0 Å². The first kappa shape index (κ1) is 27.1. The van der Waals surface area contributed by atoms with Crippen molar-refractivity contribution in [1.29, 1.82) is 0 Å². The predicted octanol–water partition coefficient (Wildman–Crippen LogP) is 1.68. The van der Waals surface area contributed by atoms with Crippen LogP contribution in [0.15, 0.2) is 12.2 Å². The Morgan fingerprint density at radius 1 is 0.640 bits per heavy atom. The first-order valence-electron chi connectivity index (χ1n) is 10.4. The summed E-state index contributed by atoms with van der Waals surface area (Å²) in [5.74, 6) is 0. The third-order valence-corrected chi connectivity index (χ3v) is 5.00. The highest BCUT2D eigenvalue weighted by Gasteiger charge is 2.19. The monoisotopic (exact) mass is 377 g/mol. The molecule has 4 heteroatoms. The minimum absolute atomic E-state index is 0. The fourth-order valence-corrected chi connectivity index (χ4v) is 3.27. The number of aliphatic hydroxyl groups excluding tert-OH is 2. The topological polar surface area (TPSA) is 40.5 Å². The molecule has 152 valence electrons. The quantitative estimate of drug-likeness (QED) is 0.217. The third-order valence-electron chi connectivity index (χ3n) is 5.00. The zero-order valence-corrected chi connectivity index (χ0v) is 17.7. The van der Waals surface area contributed by atoms with Crippen molar-refractivity contribution in [3.05, 3.63) is 12.2 Å². The molecular formula is C21H44ClNO2. The minimum atomic E-state index is 0. The van der Waals surface area contributed by atoms with Gasteiger partial charge in [0.1, 0.15) is 13.1 Å². The molecule has 0 aromatic carbocycles. The molecule has 0 saturated carbocycles. The van der Waals surface area contributed by atoms with E-state index < -0.39 is 0 Å². The summed E-state index contributed by atoms with van der Waals surface area (Å²) in [6.07, 6.45) is 20.5. The largest absolute Gasteiger partial charge is 1.00 e. The molecule has 0 bridgehead atoms. The molecule has 0 fully saturated rings. The Morgan fingerprint density at radius 2 is 1.08 bits per heavy atom. The minimum Gasteiger partial charge on any atom is -1.00 e. The van der Waals surface area contributed by atoms with E-state index in [9.17, 15) is 0 Å². The summed E-state index contributed by atoms with van der Waals surface area (Å²) in [5, 5.41) is 18.3. The molecule has 0 aromatic heterocycles. The number of hydrogen-bond acceptors (Lipinski definition) is 2. The van der Waals surface area contributed by atoms with E-state index in [-0.39, 0.29) is 25.6 Å². The maximum Gasteiger partial charge on any atom is 0.102 e. The van der Waals surface area contributed by atoms with Crippen LogP contribution < -0.4 is 12.4 Å². The third kappa shape index (κ3) is 18.5. The van der Waals surface area contributed by atoms with Crippen LogP contribution in [0.5, 0.6) is 0 Å². The zero-order chi connectivity index (χ0) is 17.9. The van der Waals surface area contributed by atoms with Crippen molar-refractivity contribution in [1.82, 2.24) is 0 Å². The van der Waals surface area contributed by atoms with Gasteiger partial charge in [-0.25, -0.2) is 0 Å². The molecule has 2 N–H and O–H groups in total. The number of quaternary nitrogens is 1. The second-order valence-corrected chi connectivity index (χ2v) is 7.44. The molecule has 0 rings (SSSR count). The molecule has 3 nitrogen and oxygen atoms in total. The Morgan fingerprint density at radius 3 is 1.52 bits per heavy atom. The average molecular weight is 378 g/mol. The molecule has 0 aliphatic heterocycles. The van der Waals surface area contributed by atoms with Crippen LogP contribution in [0.25, 0.3) is 0 Å². The van der Waals surface area contributed by atoms with Gasteiger partial charge in [0.2, 0.25) is 0 Å². The van der Waals surface area contributed by atoms with Gasteiger partial charge in [0.15, 0.2) is 0 Å². The number of unbranched alkanes of at least 4 members (excludes halogenated alkanes) is 10. The van der Waals surface area contributed by atoms with E-state index in [2.05, 4.69) is 26.1 Å². The van der Waals surface area contributed by atoms with E-state index in [1.807, 2.05) is 0 Å². The van der Waals surface area contributed by atoms with Gasteiger partial charge in [-0.3, -0.25) is 0 Å². The van der Waals surface area contributed by atoms with Crippen LogP contribution in [-0.2, 0) is 0 Å². The first-order valence-corrected chi connectivity index (χ1v) is 10.4. The highest BCUT2D eigenvalue weighted by molar-refractivity contribution is 4.79. The summed E-state index contributed by atoms with van der Waals surface area (Å²) in [6.45, 7) is 5.21. The van der Waals surface area contributed by atoms with Crippen LogP contribution in [0.1, 0.15) is 84.0 Å². The predicted molar refractivity (Wildman–Crippen MR) is 105 cm³/mol. The summed E-state index contributed by atoms with van der Waals surface area (Å²) in [6, 6.07) is 0. The van der Waals surface area contributed by atoms with Gasteiger partial charge in [0.25, 0.3) is 0 Å². The number of rotatable bonds is 18. The molecule has 0 spiro atoms. The molecule has 0 aliphatic rings. The maximum absolute atomic E-state index is 9.14. The van der Waals surface area contributed by atoms with Gasteiger partial charge >= 0.3 is 0 Å². The van der Waals surface area contributed by atoms with Crippen molar-refractivity contribution in [3.63, 3.8) is 0 Å². The Hall–Kier alpha value is -0.0900. The number of likely N-dealkylation sites (N-methyl/N-ethyl adjacent to an activating group) is 1. The molecule has 0 heterocycles. The van der Waals surface area contributed by atoms with Crippen LogP contribution in [-0.4, -0.2) is 54.6 Å². The van der Waals surface area contributed by atoms with E-state index in [1.54, 1.807) is 0 Å². The maximum atomic E-state index is 9.14. The summed E-state index contributed by atoms with van der Waals surface area (Å²) in [7, 11) is 2.14. The fourth-order valence-electron chi connectivity index (χ4n) is 3.27. The second kappa shape index (κ2) is 20.2. The lowest BCUT2D eigenvalue weighted by atomic mass is 10.1. The van der Waals surface area contributed by atoms with E-state index in [1.165, 1.54) is 77.0 Å². The lowest BCUT2D eigenvalue weighted by Crippen LogP contribution is -3.00. The molecule has 0 aromatic rings. The Bertz CT molecular complexity index is 279. The van der Waals surface area contributed by atoms with Crippen molar-refractivity contribution in [3.8, 4) is 0 Å². The smallest absolute Gasteiger partial charge is 0.102 e. The van der Waals surface area contributed by atoms with Crippen molar-refractivity contribution < 1.29 is 27.1 Å². The molecule has 0 saturated heterocycles. The summed E-state index contributed by atoms with van der Waals surface area (Å²) < 4.78 is 0.806. The van der Waals surface area contributed by atoms with Crippen molar-refractivity contribution in [2.75, 3.05) is 39.9 Å². The molecule has 0 unspecified atom stereocenters. The summed E-state index contributed by atoms with van der Waals surface area (Å²) in [4.78, 5) is 0. The van der Waals surface area contributed by atoms with Crippen LogP contribution >= 0.6 is 0 Å². The number of allylic oxidation sites excluding steroid dienone is 2. The molecular weight excluding hydrogens is 334 g/mol. The summed E-state index contributed by atoms with van der Waals surface area (Å²) in [5.41, 5.74) is 0. The number of aliphatic hydroxyl groups is 2. The molecule has 0 radical (unpaired) electrons. The van der Waals surface area contributed by atoms with Gasteiger partial charge in [-0.2, -0.15) is 0 Å². The van der Waals surface area contributed by atoms with Gasteiger partial charge in [-0.05, 0) is 32.1 Å². The fraction of sp³-hybridized carbons (Fsp3) is 0.905. The van der Waals surface area contributed by atoms with E-state index in [0.717, 1.165) is 24.1 Å². The first-order chi connectivity index (χ1) is 11.7. The van der Waals surface area contributed by atoms with Crippen molar-refractivity contribution >= 4 is 0 Å². The number of nitrogens with zero attached hydrogens (tertiary/aromatic N) is 1. The number of hydrogen-bond donors (Lipinski definition) is 2. The van der Waals surface area contributed by atoms with E-state index in [0.29, 0.717) is 0 Å². The Balaban J connectivity index is 0. The standard InChI is InChI=1S/C21H44NO2.ClH/c1-3-4-5-6-7-8-9-10-11-12-13-14-15-16-17-22(2,18-20-23)19-21-24;/h4-5,23-24H,3,6-21H2,1-2H3;1H/q+1;/p-1/b5-4-;. The van der Waals surface area contributed by atoms with Crippen molar-refractivity contribution in [2.45, 2.75) is 84.0 Å². The van der Waals surface area contributed by atoms with Gasteiger partial charge in [-0.1, -0.05) is 64.0 Å². The van der Waals surface area contributed by atoms with Crippen LogP contribution in [0, 0.1) is 0 Å². The highest BCUT2D eigenvalue weighted by Crippen LogP contribution is 2.13. The molecule has 25 heavy (non-hydrogen) atoms. The van der Waals surface area contributed by atoms with Crippen LogP contribution in [0.4, 0.5) is 0 Å². The zero-order valence-electron chi connectivity index (χ0n) is 16.9. The molecule has 0 aliphatic carbocycles. The van der Waals surface area contributed by atoms with Crippen LogP contribution in [0.3, 0.4) is 0 Å². The Kier molecular flexibility index (Phi) is 21.9. The SMILES string of the molecule is CC/C=C\CCCCCCCCCCCC[N+](C)(CCO)CCO.[Cl-].